The molecule has 4 N–H and O–H groups in total. The summed E-state index contributed by atoms with van der Waals surface area (Å²) in [5.74, 6) is -0.922. The third-order valence-electron chi connectivity index (χ3n) is 4.11. The van der Waals surface area contributed by atoms with Crippen LogP contribution in [0, 0.1) is 5.41 Å². The van der Waals surface area contributed by atoms with Gasteiger partial charge in [-0.2, -0.15) is 0 Å². The molecule has 19 heavy (non-hydrogen) atoms. The van der Waals surface area contributed by atoms with Crippen LogP contribution in [0.1, 0.15) is 58.3 Å². The van der Waals surface area contributed by atoms with Crippen molar-refractivity contribution in [1.82, 2.24) is 5.32 Å². The van der Waals surface area contributed by atoms with Crippen LogP contribution < -0.4 is 11.1 Å². The van der Waals surface area contributed by atoms with E-state index >= 15 is 0 Å². The van der Waals surface area contributed by atoms with Gasteiger partial charge in [0, 0.05) is 19.0 Å². The summed E-state index contributed by atoms with van der Waals surface area (Å²) in [6, 6.07) is -0.144. The molecule has 1 rings (SSSR count). The number of hydrogen-bond acceptors (Lipinski definition) is 3. The number of nitrogens with two attached hydrogens (primary N) is 1. The molecular formula is C14H26N2O3. The molecule has 0 bridgehead atoms. The van der Waals surface area contributed by atoms with Crippen LogP contribution in [0.15, 0.2) is 0 Å². The van der Waals surface area contributed by atoms with Gasteiger partial charge in [-0.3, -0.25) is 9.59 Å². The molecule has 0 radical (unpaired) electrons. The zero-order valence-corrected chi connectivity index (χ0v) is 11.8. The molecule has 1 unspecified atom stereocenters. The Bertz CT molecular complexity index is 310. The lowest BCUT2D eigenvalue weighted by Gasteiger charge is -2.28. The Hall–Kier alpha value is -1.10. The van der Waals surface area contributed by atoms with Crippen molar-refractivity contribution < 1.29 is 14.7 Å². The molecule has 1 fully saturated rings. The van der Waals surface area contributed by atoms with Crippen molar-refractivity contribution in [2.45, 2.75) is 64.3 Å². The van der Waals surface area contributed by atoms with E-state index in [-0.39, 0.29) is 24.9 Å². The Morgan fingerprint density at radius 3 is 2.32 bits per heavy atom. The molecule has 0 aromatic rings. The van der Waals surface area contributed by atoms with Gasteiger partial charge >= 0.3 is 5.97 Å². The largest absolute Gasteiger partial charge is 0.481 e. The molecule has 0 saturated heterocycles. The molecule has 5 heteroatoms. The molecule has 110 valence electrons. The molecule has 0 aromatic carbocycles. The lowest BCUT2D eigenvalue weighted by atomic mass is 9.80. The minimum absolute atomic E-state index is 0.140. The van der Waals surface area contributed by atoms with Crippen molar-refractivity contribution in [1.29, 1.82) is 0 Å². The number of amides is 1. The molecule has 1 aliphatic rings. The molecule has 0 aliphatic heterocycles. The average molecular weight is 270 g/mol. The van der Waals surface area contributed by atoms with Gasteiger partial charge in [0.15, 0.2) is 0 Å². The van der Waals surface area contributed by atoms with Crippen LogP contribution in [-0.2, 0) is 9.59 Å². The topological polar surface area (TPSA) is 92.4 Å². The maximum Gasteiger partial charge on any atom is 0.311 e. The normalized spacial score (nSPS) is 20.3. The zero-order chi connectivity index (χ0) is 14.3. The van der Waals surface area contributed by atoms with Crippen molar-refractivity contribution in [3.8, 4) is 0 Å². The smallest absolute Gasteiger partial charge is 0.311 e. The standard InChI is InChI=1S/C14H26N2O3/c1-2-11(15)9-12(17)16-10-14(13(18)19)7-5-3-4-6-8-14/h11H,2-10,15H2,1H3,(H,16,17)(H,18,19). The van der Waals surface area contributed by atoms with Gasteiger partial charge < -0.3 is 16.2 Å². The molecule has 0 heterocycles. The Morgan fingerprint density at radius 1 is 1.26 bits per heavy atom. The van der Waals surface area contributed by atoms with E-state index in [0.29, 0.717) is 12.8 Å². The number of rotatable bonds is 6. The van der Waals surface area contributed by atoms with Gasteiger partial charge in [0.2, 0.25) is 5.91 Å². The summed E-state index contributed by atoms with van der Waals surface area (Å²) in [6.07, 6.45) is 6.36. The fraction of sp³-hybridized carbons (Fsp3) is 0.857. The van der Waals surface area contributed by atoms with Gasteiger partial charge in [-0.15, -0.1) is 0 Å². The van der Waals surface area contributed by atoms with E-state index in [0.717, 1.165) is 32.1 Å². The molecule has 1 atom stereocenters. The molecular weight excluding hydrogens is 244 g/mol. The summed E-state index contributed by atoms with van der Waals surface area (Å²) >= 11 is 0. The third-order valence-corrected chi connectivity index (χ3v) is 4.11. The second-order valence-electron chi connectivity index (χ2n) is 5.65. The summed E-state index contributed by atoms with van der Waals surface area (Å²) in [4.78, 5) is 23.3. The number of carboxylic acid groups (broad SMARTS) is 1. The van der Waals surface area contributed by atoms with Crippen molar-refractivity contribution in [2.75, 3.05) is 6.54 Å². The summed E-state index contributed by atoms with van der Waals surface area (Å²) in [5, 5.41) is 12.2. The highest BCUT2D eigenvalue weighted by Gasteiger charge is 2.38. The minimum Gasteiger partial charge on any atom is -0.481 e. The summed E-state index contributed by atoms with van der Waals surface area (Å²) in [7, 11) is 0. The quantitative estimate of drug-likeness (QED) is 0.640. The summed E-state index contributed by atoms with van der Waals surface area (Å²) < 4.78 is 0. The van der Waals surface area contributed by atoms with Crippen LogP contribution in [0.5, 0.6) is 0 Å². The van der Waals surface area contributed by atoms with E-state index in [1.54, 1.807) is 0 Å². The first-order valence-electron chi connectivity index (χ1n) is 7.26. The van der Waals surface area contributed by atoms with Crippen LogP contribution in [0.3, 0.4) is 0 Å². The van der Waals surface area contributed by atoms with Crippen LogP contribution in [0.25, 0.3) is 0 Å². The van der Waals surface area contributed by atoms with Gasteiger partial charge in [0.05, 0.1) is 5.41 Å². The highest BCUT2D eigenvalue weighted by atomic mass is 16.4. The van der Waals surface area contributed by atoms with Gasteiger partial charge in [0.1, 0.15) is 0 Å². The summed E-state index contributed by atoms with van der Waals surface area (Å²) in [5.41, 5.74) is 4.95. The van der Waals surface area contributed by atoms with E-state index in [4.69, 9.17) is 5.73 Å². The number of carbonyl (C=O) groups excluding carboxylic acids is 1. The second kappa shape index (κ2) is 7.48. The number of nitrogens with one attached hydrogen (secondary N) is 1. The summed E-state index contributed by atoms with van der Waals surface area (Å²) in [6.45, 7) is 2.17. The van der Waals surface area contributed by atoms with Crippen LogP contribution in [0.2, 0.25) is 0 Å². The first kappa shape index (κ1) is 16.0. The van der Waals surface area contributed by atoms with E-state index in [1.807, 2.05) is 6.92 Å². The zero-order valence-electron chi connectivity index (χ0n) is 11.8. The molecule has 1 aliphatic carbocycles. The molecule has 0 aromatic heterocycles. The fourth-order valence-corrected chi connectivity index (χ4v) is 2.59. The lowest BCUT2D eigenvalue weighted by Crippen LogP contribution is -2.44. The first-order chi connectivity index (χ1) is 9.00. The predicted octanol–water partition coefficient (Wildman–Crippen LogP) is 1.66. The second-order valence-corrected chi connectivity index (χ2v) is 5.65. The van der Waals surface area contributed by atoms with Crippen LogP contribution in [-0.4, -0.2) is 29.6 Å². The minimum atomic E-state index is -0.783. The predicted molar refractivity (Wildman–Crippen MR) is 73.7 cm³/mol. The molecule has 1 saturated carbocycles. The number of aliphatic carboxylic acids is 1. The van der Waals surface area contributed by atoms with Gasteiger partial charge in [0.25, 0.3) is 0 Å². The SMILES string of the molecule is CCC(N)CC(=O)NCC1(C(=O)O)CCCCCC1. The molecule has 0 spiro atoms. The molecule has 1 amide bonds. The maximum atomic E-state index is 11.7. The maximum absolute atomic E-state index is 11.7. The van der Waals surface area contributed by atoms with Crippen molar-refractivity contribution in [2.24, 2.45) is 11.1 Å². The average Bonchev–Trinajstić information content (AvgIpc) is 2.62. The monoisotopic (exact) mass is 270 g/mol. The number of hydrogen-bond donors (Lipinski definition) is 3. The van der Waals surface area contributed by atoms with E-state index in [2.05, 4.69) is 5.32 Å². The van der Waals surface area contributed by atoms with Crippen LogP contribution in [0.4, 0.5) is 0 Å². The Morgan fingerprint density at radius 2 is 1.84 bits per heavy atom. The van der Waals surface area contributed by atoms with Crippen molar-refractivity contribution in [3.05, 3.63) is 0 Å². The van der Waals surface area contributed by atoms with Gasteiger partial charge in [-0.1, -0.05) is 32.6 Å². The highest BCUT2D eigenvalue weighted by Crippen LogP contribution is 2.34. The number of carboxylic acids is 1. The van der Waals surface area contributed by atoms with E-state index < -0.39 is 11.4 Å². The Kier molecular flexibility index (Phi) is 6.28. The Labute approximate surface area is 114 Å². The van der Waals surface area contributed by atoms with Gasteiger partial charge in [-0.25, -0.2) is 0 Å². The lowest BCUT2D eigenvalue weighted by molar-refractivity contribution is -0.149. The number of carbonyl (C=O) groups is 2. The van der Waals surface area contributed by atoms with Gasteiger partial charge in [-0.05, 0) is 19.3 Å². The third kappa shape index (κ3) is 4.82. The first-order valence-corrected chi connectivity index (χ1v) is 7.26. The highest BCUT2D eigenvalue weighted by molar-refractivity contribution is 5.79. The fourth-order valence-electron chi connectivity index (χ4n) is 2.59. The van der Waals surface area contributed by atoms with Crippen molar-refractivity contribution >= 4 is 11.9 Å². The van der Waals surface area contributed by atoms with Crippen LogP contribution >= 0.6 is 0 Å². The van der Waals surface area contributed by atoms with E-state index in [9.17, 15) is 14.7 Å². The molecule has 5 nitrogen and oxygen atoms in total. The Balaban J connectivity index is 2.54. The van der Waals surface area contributed by atoms with Crippen molar-refractivity contribution in [3.63, 3.8) is 0 Å². The van der Waals surface area contributed by atoms with E-state index in [1.165, 1.54) is 0 Å².